The van der Waals surface area contributed by atoms with Crippen LogP contribution in [0.1, 0.15) is 17.5 Å². The standard InChI is InChI=1S/C24H20N4O3/c1-30-22-10-8-19(9-11-22)23-21(16-28(27-23)13-5-12-25)14-20(15-26)24(29)31-17-18-6-3-2-4-7-18/h2-4,6-11,14,16H,5,13,17H2,1H3/b20-14+. The summed E-state index contributed by atoms with van der Waals surface area (Å²) in [4.78, 5) is 12.5. The van der Waals surface area contributed by atoms with Crippen molar-refractivity contribution >= 4 is 12.0 Å². The molecule has 0 fully saturated rings. The summed E-state index contributed by atoms with van der Waals surface area (Å²) in [6.45, 7) is 0.472. The second-order valence-electron chi connectivity index (χ2n) is 6.56. The van der Waals surface area contributed by atoms with Gasteiger partial charge in [-0.05, 0) is 35.9 Å². The number of hydrogen-bond acceptors (Lipinski definition) is 6. The largest absolute Gasteiger partial charge is 0.497 e. The smallest absolute Gasteiger partial charge is 0.349 e. The average Bonchev–Trinajstić information content (AvgIpc) is 3.23. The van der Waals surface area contributed by atoms with E-state index in [0.29, 0.717) is 23.6 Å². The Labute approximate surface area is 180 Å². The SMILES string of the molecule is COc1ccc(-c2nn(CCC#N)cc2/C=C(\C#N)C(=O)OCc2ccccc2)cc1. The van der Waals surface area contributed by atoms with E-state index < -0.39 is 5.97 Å². The summed E-state index contributed by atoms with van der Waals surface area (Å²) in [7, 11) is 1.58. The lowest BCUT2D eigenvalue weighted by atomic mass is 10.1. The number of carbonyl (C=O) groups excluding carboxylic acids is 1. The molecule has 1 aromatic heterocycles. The molecule has 31 heavy (non-hydrogen) atoms. The van der Waals surface area contributed by atoms with Crippen LogP contribution < -0.4 is 4.74 Å². The van der Waals surface area contributed by atoms with Gasteiger partial charge in [0, 0.05) is 17.3 Å². The molecule has 0 aliphatic heterocycles. The first-order valence-corrected chi connectivity index (χ1v) is 9.56. The molecule has 3 rings (SSSR count). The van der Waals surface area contributed by atoms with Crippen LogP contribution in [0.4, 0.5) is 0 Å². The fraction of sp³-hybridized carbons (Fsp3) is 0.167. The zero-order valence-electron chi connectivity index (χ0n) is 17.0. The number of hydrogen-bond donors (Lipinski definition) is 0. The average molecular weight is 412 g/mol. The Morgan fingerprint density at radius 2 is 1.87 bits per heavy atom. The molecule has 0 unspecified atom stereocenters. The van der Waals surface area contributed by atoms with Gasteiger partial charge in [-0.15, -0.1) is 0 Å². The highest BCUT2D eigenvalue weighted by Crippen LogP contribution is 2.26. The third kappa shape index (κ3) is 5.59. The molecule has 7 heteroatoms. The lowest BCUT2D eigenvalue weighted by Crippen LogP contribution is -2.06. The van der Waals surface area contributed by atoms with Gasteiger partial charge in [-0.25, -0.2) is 4.79 Å². The number of nitriles is 2. The molecule has 3 aromatic rings. The minimum Gasteiger partial charge on any atom is -0.497 e. The summed E-state index contributed by atoms with van der Waals surface area (Å²) in [5, 5.41) is 22.9. The Morgan fingerprint density at radius 1 is 1.13 bits per heavy atom. The fourth-order valence-corrected chi connectivity index (χ4v) is 2.89. The van der Waals surface area contributed by atoms with E-state index in [1.807, 2.05) is 48.5 Å². The Hall–Kier alpha value is -4.36. The van der Waals surface area contributed by atoms with Crippen LogP contribution in [0.25, 0.3) is 17.3 Å². The van der Waals surface area contributed by atoms with E-state index in [0.717, 1.165) is 11.1 Å². The Bertz CT molecular complexity index is 1150. The summed E-state index contributed by atoms with van der Waals surface area (Å²) in [5.74, 6) is -0.0104. The normalized spacial score (nSPS) is 10.7. The predicted molar refractivity (Wildman–Crippen MR) is 114 cm³/mol. The van der Waals surface area contributed by atoms with Gasteiger partial charge in [0.05, 0.1) is 31.8 Å². The summed E-state index contributed by atoms with van der Waals surface area (Å²) in [6, 6.07) is 20.5. The first kappa shape index (κ1) is 21.4. The number of esters is 1. The van der Waals surface area contributed by atoms with Gasteiger partial charge >= 0.3 is 5.97 Å². The molecule has 0 spiro atoms. The van der Waals surface area contributed by atoms with Crippen molar-refractivity contribution in [1.29, 1.82) is 10.5 Å². The molecule has 0 radical (unpaired) electrons. The molecule has 0 saturated carbocycles. The molecule has 0 saturated heterocycles. The third-order valence-corrected chi connectivity index (χ3v) is 4.46. The van der Waals surface area contributed by atoms with Crippen LogP contribution in [-0.2, 0) is 22.7 Å². The van der Waals surface area contributed by atoms with Crippen molar-refractivity contribution < 1.29 is 14.3 Å². The van der Waals surface area contributed by atoms with Crippen LogP contribution in [-0.4, -0.2) is 22.9 Å². The molecule has 0 aliphatic carbocycles. The Morgan fingerprint density at radius 3 is 2.52 bits per heavy atom. The summed E-state index contributed by atoms with van der Waals surface area (Å²) >= 11 is 0. The number of methoxy groups -OCH3 is 1. The van der Waals surface area contributed by atoms with E-state index in [1.54, 1.807) is 30.1 Å². The third-order valence-electron chi connectivity index (χ3n) is 4.46. The minimum atomic E-state index is -0.711. The second-order valence-corrected chi connectivity index (χ2v) is 6.56. The van der Waals surface area contributed by atoms with Crippen molar-refractivity contribution in [3.63, 3.8) is 0 Å². The van der Waals surface area contributed by atoms with Gasteiger partial charge in [0.25, 0.3) is 0 Å². The van der Waals surface area contributed by atoms with Gasteiger partial charge in [0.1, 0.15) is 24.0 Å². The summed E-state index contributed by atoms with van der Waals surface area (Å²) in [5.41, 5.74) is 2.65. The molecule has 0 amide bonds. The van der Waals surface area contributed by atoms with Crippen molar-refractivity contribution in [1.82, 2.24) is 9.78 Å². The maximum absolute atomic E-state index is 12.5. The molecule has 2 aromatic carbocycles. The van der Waals surface area contributed by atoms with Crippen molar-refractivity contribution in [2.24, 2.45) is 0 Å². The molecule has 0 bridgehead atoms. The predicted octanol–water partition coefficient (Wildman–Crippen LogP) is 4.12. The van der Waals surface area contributed by atoms with Gasteiger partial charge in [0.2, 0.25) is 0 Å². The maximum atomic E-state index is 12.5. The van der Waals surface area contributed by atoms with E-state index in [1.165, 1.54) is 6.08 Å². The molecule has 0 aliphatic rings. The van der Waals surface area contributed by atoms with Crippen LogP contribution in [0.15, 0.2) is 66.4 Å². The van der Waals surface area contributed by atoms with Crippen molar-refractivity contribution in [3.05, 3.63) is 77.5 Å². The zero-order valence-corrected chi connectivity index (χ0v) is 17.0. The molecular formula is C24H20N4O3. The van der Waals surface area contributed by atoms with Gasteiger partial charge in [0.15, 0.2) is 0 Å². The van der Waals surface area contributed by atoms with Crippen molar-refractivity contribution in [3.8, 4) is 29.1 Å². The first-order chi connectivity index (χ1) is 15.1. The lowest BCUT2D eigenvalue weighted by Gasteiger charge is -2.04. The van der Waals surface area contributed by atoms with Crippen LogP contribution in [0.5, 0.6) is 5.75 Å². The summed E-state index contributed by atoms with van der Waals surface area (Å²) < 4.78 is 12.1. The van der Waals surface area contributed by atoms with Gasteiger partial charge in [-0.1, -0.05) is 30.3 Å². The highest BCUT2D eigenvalue weighted by Gasteiger charge is 2.16. The highest BCUT2D eigenvalue weighted by molar-refractivity contribution is 5.98. The number of ether oxygens (including phenoxy) is 2. The number of carbonyl (C=O) groups is 1. The Kier molecular flexibility index (Phi) is 7.18. The highest BCUT2D eigenvalue weighted by atomic mass is 16.5. The number of nitrogens with zero attached hydrogens (tertiary/aromatic N) is 4. The van der Waals surface area contributed by atoms with Crippen molar-refractivity contribution in [2.45, 2.75) is 19.6 Å². The second kappa shape index (κ2) is 10.4. The number of aryl methyl sites for hydroxylation is 1. The fourth-order valence-electron chi connectivity index (χ4n) is 2.89. The lowest BCUT2D eigenvalue weighted by molar-refractivity contribution is -0.139. The number of benzene rings is 2. The number of aromatic nitrogens is 2. The quantitative estimate of drug-likeness (QED) is 0.313. The summed E-state index contributed by atoms with van der Waals surface area (Å²) in [6.07, 6.45) is 3.46. The van der Waals surface area contributed by atoms with Gasteiger partial charge in [-0.2, -0.15) is 15.6 Å². The van der Waals surface area contributed by atoms with E-state index >= 15 is 0 Å². The maximum Gasteiger partial charge on any atom is 0.349 e. The minimum absolute atomic E-state index is 0.0749. The van der Waals surface area contributed by atoms with Crippen LogP contribution >= 0.6 is 0 Å². The monoisotopic (exact) mass is 412 g/mol. The van der Waals surface area contributed by atoms with Crippen LogP contribution in [0.2, 0.25) is 0 Å². The zero-order chi connectivity index (χ0) is 22.1. The van der Waals surface area contributed by atoms with E-state index in [4.69, 9.17) is 14.7 Å². The molecular weight excluding hydrogens is 392 g/mol. The molecule has 0 atom stereocenters. The van der Waals surface area contributed by atoms with E-state index in [-0.39, 0.29) is 18.6 Å². The van der Waals surface area contributed by atoms with E-state index in [9.17, 15) is 10.1 Å². The molecule has 7 nitrogen and oxygen atoms in total. The van der Waals surface area contributed by atoms with E-state index in [2.05, 4.69) is 11.2 Å². The molecule has 1 heterocycles. The van der Waals surface area contributed by atoms with Gasteiger partial charge in [-0.3, -0.25) is 4.68 Å². The first-order valence-electron chi connectivity index (χ1n) is 9.56. The van der Waals surface area contributed by atoms with Crippen molar-refractivity contribution in [2.75, 3.05) is 7.11 Å². The van der Waals surface area contributed by atoms with Crippen LogP contribution in [0, 0.1) is 22.7 Å². The van der Waals surface area contributed by atoms with Gasteiger partial charge < -0.3 is 9.47 Å². The topological polar surface area (TPSA) is 101 Å². The van der Waals surface area contributed by atoms with Crippen LogP contribution in [0.3, 0.4) is 0 Å². The Balaban J connectivity index is 1.89. The molecule has 154 valence electrons. The molecule has 0 N–H and O–H groups in total. The number of rotatable bonds is 8.